The minimum absolute atomic E-state index is 0.119. The van der Waals surface area contributed by atoms with Gasteiger partial charge in [-0.2, -0.15) is 0 Å². The number of rotatable bonds is 4. The zero-order valence-electron chi connectivity index (χ0n) is 7.53. The van der Waals surface area contributed by atoms with Gasteiger partial charge in [-0.1, -0.05) is 30.3 Å². The maximum Gasteiger partial charge on any atom is 0.203 e. The Balaban J connectivity index is 2.62. The molecule has 3 heteroatoms. The van der Waals surface area contributed by atoms with Crippen molar-refractivity contribution in [2.24, 2.45) is 0 Å². The molecule has 0 saturated carbocycles. The molecule has 2 nitrogen and oxygen atoms in total. The van der Waals surface area contributed by atoms with Crippen LogP contribution in [0.1, 0.15) is 5.56 Å². The first-order chi connectivity index (χ1) is 6.24. The van der Waals surface area contributed by atoms with E-state index in [2.05, 4.69) is 17.9 Å². The topological polar surface area (TPSA) is 29.1 Å². The van der Waals surface area contributed by atoms with Crippen molar-refractivity contribution in [2.75, 3.05) is 7.05 Å². The second-order valence-electron chi connectivity index (χ2n) is 2.87. The largest absolute Gasteiger partial charge is 0.310 e. The van der Waals surface area contributed by atoms with Gasteiger partial charge in [0.05, 0.1) is 6.04 Å². The molecule has 0 aliphatic rings. The molecule has 0 fully saturated rings. The second-order valence-corrected chi connectivity index (χ2v) is 3.31. The fourth-order valence-corrected chi connectivity index (χ4v) is 1.38. The molecule has 0 amide bonds. The van der Waals surface area contributed by atoms with Gasteiger partial charge in [-0.25, -0.2) is 0 Å². The van der Waals surface area contributed by atoms with Crippen LogP contribution in [0.25, 0.3) is 0 Å². The molecular weight excluding hydrogens is 182 g/mol. The summed E-state index contributed by atoms with van der Waals surface area (Å²) in [5.74, 6) is 0. The molecule has 0 spiro atoms. The summed E-state index contributed by atoms with van der Waals surface area (Å²) >= 11 is 3.80. The Bertz CT molecular complexity index is 274. The van der Waals surface area contributed by atoms with Gasteiger partial charge < -0.3 is 5.32 Å². The normalized spacial score (nSPS) is 12.5. The maximum atomic E-state index is 11.0. The summed E-state index contributed by atoms with van der Waals surface area (Å²) in [6.07, 6.45) is 0.694. The molecule has 1 unspecified atom stereocenters. The third-order valence-electron chi connectivity index (χ3n) is 1.93. The molecule has 1 aromatic rings. The van der Waals surface area contributed by atoms with Crippen LogP contribution in [0.15, 0.2) is 30.3 Å². The number of hydrogen-bond donors (Lipinski definition) is 2. The molecule has 70 valence electrons. The Kier molecular flexibility index (Phi) is 3.99. The summed E-state index contributed by atoms with van der Waals surface area (Å²) in [4.78, 5) is 11.0. The summed E-state index contributed by atoms with van der Waals surface area (Å²) < 4.78 is 0. The van der Waals surface area contributed by atoms with Crippen LogP contribution >= 0.6 is 12.6 Å². The molecule has 0 saturated heterocycles. The van der Waals surface area contributed by atoms with Crippen LogP contribution in [0.3, 0.4) is 0 Å². The van der Waals surface area contributed by atoms with Crippen LogP contribution in [0.2, 0.25) is 0 Å². The van der Waals surface area contributed by atoms with Crippen LogP contribution in [0.4, 0.5) is 0 Å². The third-order valence-corrected chi connectivity index (χ3v) is 2.24. The van der Waals surface area contributed by atoms with Gasteiger partial charge in [0, 0.05) is 0 Å². The highest BCUT2D eigenvalue weighted by atomic mass is 32.1. The Morgan fingerprint density at radius 2 is 2.08 bits per heavy atom. The number of thiol groups is 1. The van der Waals surface area contributed by atoms with Crippen molar-refractivity contribution >= 4 is 17.7 Å². The molecule has 1 atom stereocenters. The average molecular weight is 195 g/mol. The molecule has 13 heavy (non-hydrogen) atoms. The van der Waals surface area contributed by atoms with E-state index in [4.69, 9.17) is 0 Å². The van der Waals surface area contributed by atoms with E-state index in [0.717, 1.165) is 5.56 Å². The quantitative estimate of drug-likeness (QED) is 0.709. The predicted octanol–water partition coefficient (Wildman–Crippen LogP) is 1.27. The Morgan fingerprint density at radius 1 is 1.46 bits per heavy atom. The third kappa shape index (κ3) is 3.20. The smallest absolute Gasteiger partial charge is 0.203 e. The monoisotopic (exact) mass is 195 g/mol. The molecule has 0 aromatic heterocycles. The highest BCUT2D eigenvalue weighted by Crippen LogP contribution is 2.04. The average Bonchev–Trinajstić information content (AvgIpc) is 2.15. The SMILES string of the molecule is CNC(Cc1ccccc1)C(=O)S. The van der Waals surface area contributed by atoms with Crippen LogP contribution in [0.5, 0.6) is 0 Å². The number of nitrogens with one attached hydrogen (secondary N) is 1. The minimum Gasteiger partial charge on any atom is -0.310 e. The molecule has 0 heterocycles. The lowest BCUT2D eigenvalue weighted by Gasteiger charge is -2.11. The standard InChI is InChI=1S/C10H13NOS/c1-11-9(10(12)13)7-8-5-3-2-4-6-8/h2-6,9,11H,7H2,1H3,(H,12,13). The molecule has 0 aliphatic carbocycles. The van der Waals surface area contributed by atoms with E-state index >= 15 is 0 Å². The van der Waals surface area contributed by atoms with E-state index in [9.17, 15) is 4.79 Å². The van der Waals surface area contributed by atoms with Crippen molar-refractivity contribution in [3.05, 3.63) is 35.9 Å². The van der Waals surface area contributed by atoms with Gasteiger partial charge in [-0.15, -0.1) is 12.6 Å². The summed E-state index contributed by atoms with van der Waals surface area (Å²) in [6.45, 7) is 0. The summed E-state index contributed by atoms with van der Waals surface area (Å²) in [5, 5.41) is 2.80. The van der Waals surface area contributed by atoms with Gasteiger partial charge >= 0.3 is 0 Å². The zero-order chi connectivity index (χ0) is 9.68. The van der Waals surface area contributed by atoms with Crippen molar-refractivity contribution in [3.63, 3.8) is 0 Å². The van der Waals surface area contributed by atoms with Crippen LogP contribution in [-0.4, -0.2) is 18.2 Å². The van der Waals surface area contributed by atoms with Gasteiger partial charge in [0.1, 0.15) is 0 Å². The number of carbonyl (C=O) groups is 1. The van der Waals surface area contributed by atoms with Crippen molar-refractivity contribution in [1.82, 2.24) is 5.32 Å². The Hall–Kier alpha value is -0.800. The van der Waals surface area contributed by atoms with E-state index in [-0.39, 0.29) is 11.2 Å². The summed E-state index contributed by atoms with van der Waals surface area (Å²) in [5.41, 5.74) is 1.14. The van der Waals surface area contributed by atoms with E-state index in [1.165, 1.54) is 0 Å². The van der Waals surface area contributed by atoms with Crippen LogP contribution in [0, 0.1) is 0 Å². The van der Waals surface area contributed by atoms with Crippen molar-refractivity contribution in [3.8, 4) is 0 Å². The minimum atomic E-state index is -0.189. The molecule has 0 radical (unpaired) electrons. The molecule has 0 aliphatic heterocycles. The first-order valence-corrected chi connectivity index (χ1v) is 4.62. The highest BCUT2D eigenvalue weighted by molar-refractivity contribution is 7.96. The van der Waals surface area contributed by atoms with E-state index in [0.29, 0.717) is 6.42 Å². The fourth-order valence-electron chi connectivity index (χ4n) is 1.16. The van der Waals surface area contributed by atoms with Crippen molar-refractivity contribution in [1.29, 1.82) is 0 Å². The van der Waals surface area contributed by atoms with Gasteiger partial charge in [0.25, 0.3) is 0 Å². The van der Waals surface area contributed by atoms with Crippen LogP contribution in [-0.2, 0) is 11.2 Å². The Morgan fingerprint density at radius 3 is 2.54 bits per heavy atom. The van der Waals surface area contributed by atoms with Crippen LogP contribution < -0.4 is 5.32 Å². The van der Waals surface area contributed by atoms with Gasteiger partial charge in [-0.3, -0.25) is 4.79 Å². The highest BCUT2D eigenvalue weighted by Gasteiger charge is 2.12. The number of carbonyl (C=O) groups excluding carboxylic acids is 1. The lowest BCUT2D eigenvalue weighted by molar-refractivity contribution is -0.112. The molecule has 1 rings (SSSR count). The lowest BCUT2D eigenvalue weighted by atomic mass is 10.1. The van der Waals surface area contributed by atoms with Gasteiger partial charge in [-0.05, 0) is 19.0 Å². The summed E-state index contributed by atoms with van der Waals surface area (Å²) in [7, 11) is 1.77. The van der Waals surface area contributed by atoms with E-state index in [1.807, 2.05) is 30.3 Å². The first kappa shape index (κ1) is 10.3. The number of likely N-dealkylation sites (N-methyl/N-ethyl adjacent to an activating group) is 1. The second kappa shape index (κ2) is 5.04. The molecule has 0 bridgehead atoms. The molecule has 1 N–H and O–H groups in total. The lowest BCUT2D eigenvalue weighted by Crippen LogP contribution is -2.33. The molecule has 1 aromatic carbocycles. The number of benzene rings is 1. The van der Waals surface area contributed by atoms with E-state index < -0.39 is 0 Å². The first-order valence-electron chi connectivity index (χ1n) is 4.18. The van der Waals surface area contributed by atoms with Crippen molar-refractivity contribution in [2.45, 2.75) is 12.5 Å². The van der Waals surface area contributed by atoms with Crippen molar-refractivity contribution < 1.29 is 4.79 Å². The maximum absolute atomic E-state index is 11.0. The van der Waals surface area contributed by atoms with Gasteiger partial charge in [0.15, 0.2) is 0 Å². The fraction of sp³-hybridized carbons (Fsp3) is 0.300. The number of hydrogen-bond acceptors (Lipinski definition) is 2. The van der Waals surface area contributed by atoms with E-state index in [1.54, 1.807) is 7.05 Å². The molecular formula is C10H13NOS. The predicted molar refractivity (Wildman–Crippen MR) is 57.0 cm³/mol. The van der Waals surface area contributed by atoms with Gasteiger partial charge in [0.2, 0.25) is 5.12 Å². The summed E-state index contributed by atoms with van der Waals surface area (Å²) in [6, 6.07) is 9.70. The Labute approximate surface area is 83.8 Å². The zero-order valence-corrected chi connectivity index (χ0v) is 8.42.